The minimum atomic E-state index is -0.752. The molecule has 26 heavy (non-hydrogen) atoms. The van der Waals surface area contributed by atoms with E-state index >= 15 is 0 Å². The van der Waals surface area contributed by atoms with E-state index in [1.807, 2.05) is 24.3 Å². The van der Waals surface area contributed by atoms with Crippen LogP contribution in [0.1, 0.15) is 67.3 Å². The molecule has 3 N–H and O–H groups in total. The summed E-state index contributed by atoms with van der Waals surface area (Å²) in [6.07, 6.45) is 9.95. The summed E-state index contributed by atoms with van der Waals surface area (Å²) < 4.78 is 0. The zero-order valence-electron chi connectivity index (χ0n) is 15.0. The second-order valence-electron chi connectivity index (χ2n) is 6.93. The molecule has 0 saturated heterocycles. The van der Waals surface area contributed by atoms with E-state index in [9.17, 15) is 14.4 Å². The van der Waals surface area contributed by atoms with Crippen molar-refractivity contribution in [3.05, 3.63) is 41.5 Å². The van der Waals surface area contributed by atoms with Crippen molar-refractivity contribution in [1.29, 1.82) is 0 Å². The number of primary amides is 1. The van der Waals surface area contributed by atoms with Gasteiger partial charge in [-0.05, 0) is 36.8 Å². The summed E-state index contributed by atoms with van der Waals surface area (Å²) in [5.74, 6) is -0.662. The van der Waals surface area contributed by atoms with Crippen molar-refractivity contribution < 1.29 is 19.5 Å². The molecule has 1 saturated carbocycles. The first-order chi connectivity index (χ1) is 12.5. The lowest BCUT2D eigenvalue weighted by molar-refractivity contribution is -0.137. The third-order valence-corrected chi connectivity index (χ3v) is 5.06. The van der Waals surface area contributed by atoms with Crippen molar-refractivity contribution >= 4 is 23.7 Å². The predicted octanol–water partition coefficient (Wildman–Crippen LogP) is 3.82. The van der Waals surface area contributed by atoms with E-state index in [1.165, 1.54) is 0 Å². The molecule has 0 spiro atoms. The number of carbonyl (C=O) groups excluding carboxylic acids is 2. The lowest BCUT2D eigenvalue weighted by atomic mass is 9.89. The summed E-state index contributed by atoms with van der Waals surface area (Å²) in [6, 6.07) is 7.20. The first-order valence-corrected chi connectivity index (χ1v) is 9.30. The van der Waals surface area contributed by atoms with E-state index in [1.54, 1.807) is 12.1 Å². The number of ketones is 1. The quantitative estimate of drug-likeness (QED) is 0.622. The first-order valence-electron chi connectivity index (χ1n) is 9.30. The standard InChI is InChI=1S/C21H27NO4/c22-21(26)18-9-6-5-7-15(18)11-12-16-13-14-19(23)17(16)8-3-1-2-4-10-20(24)25/h5-7,9,11-12,16-17H,1-4,8,10,13-14H2,(H2,22,26)(H,24,25)/t16-,17+/m1/s1. The van der Waals surface area contributed by atoms with Gasteiger partial charge in [0.15, 0.2) is 0 Å². The van der Waals surface area contributed by atoms with Crippen molar-refractivity contribution in [3.8, 4) is 0 Å². The Kier molecular flexibility index (Phi) is 7.57. The molecule has 2 rings (SSSR count). The Morgan fingerprint density at radius 1 is 1.15 bits per heavy atom. The van der Waals surface area contributed by atoms with E-state index in [0.717, 1.165) is 37.7 Å². The Hall–Kier alpha value is -2.43. The maximum atomic E-state index is 12.2. The van der Waals surface area contributed by atoms with E-state index < -0.39 is 11.9 Å². The van der Waals surface area contributed by atoms with Crippen LogP contribution in [0.25, 0.3) is 6.08 Å². The third-order valence-electron chi connectivity index (χ3n) is 5.06. The molecule has 1 fully saturated rings. The Morgan fingerprint density at radius 2 is 1.88 bits per heavy atom. The average molecular weight is 357 g/mol. The number of hydrogen-bond acceptors (Lipinski definition) is 3. The minimum Gasteiger partial charge on any atom is -0.481 e. The molecule has 0 heterocycles. The lowest BCUT2D eigenvalue weighted by Crippen LogP contribution is -2.14. The maximum absolute atomic E-state index is 12.2. The van der Waals surface area contributed by atoms with Crippen LogP contribution >= 0.6 is 0 Å². The van der Waals surface area contributed by atoms with Gasteiger partial charge >= 0.3 is 5.97 Å². The third kappa shape index (κ3) is 5.83. The Bertz CT molecular complexity index is 680. The highest BCUT2D eigenvalue weighted by Gasteiger charge is 2.32. The predicted molar refractivity (Wildman–Crippen MR) is 101 cm³/mol. The number of carboxylic acid groups (broad SMARTS) is 1. The van der Waals surface area contributed by atoms with Crippen molar-refractivity contribution in [1.82, 2.24) is 0 Å². The van der Waals surface area contributed by atoms with Gasteiger partial charge in [-0.3, -0.25) is 14.4 Å². The molecule has 5 heteroatoms. The Balaban J connectivity index is 1.89. The second kappa shape index (κ2) is 9.90. The number of amides is 1. The van der Waals surface area contributed by atoms with Gasteiger partial charge in [0.25, 0.3) is 0 Å². The molecule has 0 aliphatic heterocycles. The smallest absolute Gasteiger partial charge is 0.303 e. The number of hydrogen-bond donors (Lipinski definition) is 2. The average Bonchev–Trinajstić information content (AvgIpc) is 2.96. The molecule has 1 aliphatic rings. The SMILES string of the molecule is NC(=O)c1ccccc1C=C[C@@H]1CCC(=O)[C@H]1CCCCCCC(=O)O. The molecule has 1 amide bonds. The highest BCUT2D eigenvalue weighted by Crippen LogP contribution is 2.34. The fourth-order valence-corrected chi connectivity index (χ4v) is 3.63. The zero-order chi connectivity index (χ0) is 18.9. The number of nitrogens with two attached hydrogens (primary N) is 1. The van der Waals surface area contributed by atoms with E-state index in [0.29, 0.717) is 24.2 Å². The molecule has 0 unspecified atom stereocenters. The highest BCUT2D eigenvalue weighted by molar-refractivity contribution is 5.96. The molecule has 1 aromatic carbocycles. The topological polar surface area (TPSA) is 97.5 Å². The first kappa shape index (κ1) is 19.9. The molecule has 1 aliphatic carbocycles. The van der Waals surface area contributed by atoms with Gasteiger partial charge in [0.05, 0.1) is 0 Å². The summed E-state index contributed by atoms with van der Waals surface area (Å²) in [4.78, 5) is 34.2. The van der Waals surface area contributed by atoms with Crippen molar-refractivity contribution in [2.45, 2.75) is 51.4 Å². The summed E-state index contributed by atoms with van der Waals surface area (Å²) in [5.41, 5.74) is 6.68. The van der Waals surface area contributed by atoms with Gasteiger partial charge in [0.2, 0.25) is 5.91 Å². The number of aliphatic carboxylic acids is 1. The van der Waals surface area contributed by atoms with Crippen molar-refractivity contribution in [2.24, 2.45) is 17.6 Å². The molecule has 0 bridgehead atoms. The Labute approximate surface area is 154 Å². The number of rotatable bonds is 10. The Morgan fingerprint density at radius 3 is 2.62 bits per heavy atom. The van der Waals surface area contributed by atoms with Crippen LogP contribution in [0, 0.1) is 11.8 Å². The van der Waals surface area contributed by atoms with Crippen LogP contribution in [0.15, 0.2) is 30.3 Å². The molecule has 1 aromatic rings. The van der Waals surface area contributed by atoms with E-state index in [4.69, 9.17) is 10.8 Å². The fourth-order valence-electron chi connectivity index (χ4n) is 3.63. The monoisotopic (exact) mass is 357 g/mol. The van der Waals surface area contributed by atoms with Crippen LogP contribution < -0.4 is 5.73 Å². The molecular weight excluding hydrogens is 330 g/mol. The summed E-state index contributed by atoms with van der Waals surface area (Å²) in [6.45, 7) is 0. The number of carbonyl (C=O) groups is 3. The molecule has 0 radical (unpaired) electrons. The lowest BCUT2D eigenvalue weighted by Gasteiger charge is -2.15. The van der Waals surface area contributed by atoms with Crippen LogP contribution in [-0.2, 0) is 9.59 Å². The van der Waals surface area contributed by atoms with Gasteiger partial charge in [-0.25, -0.2) is 0 Å². The van der Waals surface area contributed by atoms with Gasteiger partial charge in [-0.2, -0.15) is 0 Å². The fraction of sp³-hybridized carbons (Fsp3) is 0.476. The normalized spacial score (nSPS) is 19.9. The van der Waals surface area contributed by atoms with Gasteiger partial charge in [0, 0.05) is 24.3 Å². The van der Waals surface area contributed by atoms with Gasteiger partial charge < -0.3 is 10.8 Å². The van der Waals surface area contributed by atoms with Crippen LogP contribution in [-0.4, -0.2) is 22.8 Å². The molecule has 2 atom stereocenters. The van der Waals surface area contributed by atoms with Crippen molar-refractivity contribution in [3.63, 3.8) is 0 Å². The van der Waals surface area contributed by atoms with Gasteiger partial charge in [-0.15, -0.1) is 0 Å². The molecule has 5 nitrogen and oxygen atoms in total. The summed E-state index contributed by atoms with van der Waals surface area (Å²) >= 11 is 0. The zero-order valence-corrected chi connectivity index (χ0v) is 15.0. The molecule has 140 valence electrons. The second-order valence-corrected chi connectivity index (χ2v) is 6.93. The van der Waals surface area contributed by atoms with Gasteiger partial charge in [0.1, 0.15) is 5.78 Å². The van der Waals surface area contributed by atoms with Crippen molar-refractivity contribution in [2.75, 3.05) is 0 Å². The summed E-state index contributed by atoms with van der Waals surface area (Å²) in [7, 11) is 0. The minimum absolute atomic E-state index is 0.0338. The van der Waals surface area contributed by atoms with Crippen LogP contribution in [0.4, 0.5) is 0 Å². The van der Waals surface area contributed by atoms with E-state index in [2.05, 4.69) is 0 Å². The maximum Gasteiger partial charge on any atom is 0.303 e. The van der Waals surface area contributed by atoms with Crippen LogP contribution in [0.3, 0.4) is 0 Å². The number of carboxylic acids is 1. The van der Waals surface area contributed by atoms with Gasteiger partial charge in [-0.1, -0.05) is 49.6 Å². The molecular formula is C21H27NO4. The number of benzene rings is 1. The number of Topliss-reactive ketones (excluding diaryl/α,β-unsaturated/α-hetero) is 1. The number of unbranched alkanes of at least 4 members (excludes halogenated alkanes) is 3. The van der Waals surface area contributed by atoms with Crippen LogP contribution in [0.2, 0.25) is 0 Å². The largest absolute Gasteiger partial charge is 0.481 e. The summed E-state index contributed by atoms with van der Waals surface area (Å²) in [5, 5.41) is 8.64. The van der Waals surface area contributed by atoms with E-state index in [-0.39, 0.29) is 18.3 Å². The molecule has 0 aromatic heterocycles. The van der Waals surface area contributed by atoms with Crippen LogP contribution in [0.5, 0.6) is 0 Å². The highest BCUT2D eigenvalue weighted by atomic mass is 16.4. The number of allylic oxidation sites excluding steroid dienone is 1.